The van der Waals surface area contributed by atoms with Crippen molar-refractivity contribution in [2.24, 2.45) is 4.99 Å². The second kappa shape index (κ2) is 13.4. The fourth-order valence-electron chi connectivity index (χ4n) is 5.34. The van der Waals surface area contributed by atoms with Gasteiger partial charge >= 0.3 is 5.97 Å². The molecule has 2 aromatic carbocycles. The summed E-state index contributed by atoms with van der Waals surface area (Å²) in [7, 11) is -0.672. The van der Waals surface area contributed by atoms with Gasteiger partial charge in [0.2, 0.25) is 0 Å². The van der Waals surface area contributed by atoms with Crippen LogP contribution in [0.4, 0.5) is 0 Å². The molecule has 39 heavy (non-hydrogen) atoms. The van der Waals surface area contributed by atoms with Gasteiger partial charge in [0.25, 0.3) is 0 Å². The van der Waals surface area contributed by atoms with Crippen LogP contribution in [0.25, 0.3) is 22.3 Å². The molecule has 0 N–H and O–H groups in total. The highest BCUT2D eigenvalue weighted by atomic mass is 32.2. The second-order valence-corrected chi connectivity index (χ2v) is 13.1. The van der Waals surface area contributed by atoms with Crippen LogP contribution >= 0.6 is 10.9 Å². The van der Waals surface area contributed by atoms with Crippen molar-refractivity contribution in [3.8, 4) is 22.3 Å². The van der Waals surface area contributed by atoms with Gasteiger partial charge in [-0.05, 0) is 48.3 Å². The molecule has 1 unspecified atom stereocenters. The average molecular weight is 545 g/mol. The summed E-state index contributed by atoms with van der Waals surface area (Å²) in [6.45, 7) is 14.0. The largest absolute Gasteiger partial charge is 0.462 e. The number of pyridine rings is 1. The van der Waals surface area contributed by atoms with Crippen LogP contribution in [0.5, 0.6) is 0 Å². The molecular formula is C34H44N2O2S. The number of thiol groups is 1. The number of unbranched alkanes of at least 4 members (excludes halogenated alkanes) is 2. The molecule has 0 amide bonds. The second-order valence-electron chi connectivity index (χ2n) is 10.9. The zero-order valence-electron chi connectivity index (χ0n) is 24.5. The summed E-state index contributed by atoms with van der Waals surface area (Å²) in [5, 5.41) is 1.33. The maximum atomic E-state index is 13.7. The summed E-state index contributed by atoms with van der Waals surface area (Å²) in [5.41, 5.74) is 7.01. The quantitative estimate of drug-likeness (QED) is 0.149. The van der Waals surface area contributed by atoms with E-state index in [0.717, 1.165) is 53.2 Å². The van der Waals surface area contributed by atoms with Crippen molar-refractivity contribution in [1.82, 2.24) is 4.98 Å². The molecule has 1 aromatic heterocycles. The molecule has 1 aliphatic heterocycles. The van der Waals surface area contributed by atoms with E-state index in [-0.39, 0.29) is 17.8 Å². The van der Waals surface area contributed by atoms with E-state index >= 15 is 0 Å². The maximum absolute atomic E-state index is 13.7. The van der Waals surface area contributed by atoms with E-state index in [1.54, 1.807) is 0 Å². The van der Waals surface area contributed by atoms with E-state index in [2.05, 4.69) is 83.1 Å². The molecule has 0 saturated carbocycles. The van der Waals surface area contributed by atoms with E-state index < -0.39 is 10.9 Å². The normalized spacial score (nSPS) is 16.1. The molecule has 208 valence electrons. The molecule has 0 bridgehead atoms. The van der Waals surface area contributed by atoms with Crippen molar-refractivity contribution in [1.29, 1.82) is 0 Å². The van der Waals surface area contributed by atoms with Gasteiger partial charge in [-0.25, -0.2) is 4.79 Å². The molecule has 1 aliphatic rings. The van der Waals surface area contributed by atoms with Crippen molar-refractivity contribution in [3.05, 3.63) is 71.5 Å². The van der Waals surface area contributed by atoms with Gasteiger partial charge in [0, 0.05) is 22.8 Å². The maximum Gasteiger partial charge on any atom is 0.340 e. The molecule has 0 aliphatic carbocycles. The Bertz CT molecular complexity index is 1300. The number of esters is 1. The first-order valence-corrected chi connectivity index (χ1v) is 16.1. The highest BCUT2D eigenvalue weighted by Gasteiger charge is 2.33. The molecule has 0 fully saturated rings. The third-order valence-corrected chi connectivity index (χ3v) is 9.91. The lowest BCUT2D eigenvalue weighted by molar-refractivity contribution is 0.0524. The number of aromatic nitrogens is 1. The summed E-state index contributed by atoms with van der Waals surface area (Å²) in [4.78, 5) is 25.2. The Balaban J connectivity index is 1.98. The molecule has 2 heterocycles. The van der Waals surface area contributed by atoms with Gasteiger partial charge in [-0.2, -0.15) is 10.9 Å². The van der Waals surface area contributed by atoms with Crippen LogP contribution in [-0.4, -0.2) is 34.9 Å². The lowest BCUT2D eigenvalue weighted by Gasteiger charge is -2.29. The van der Waals surface area contributed by atoms with Crippen LogP contribution in [0.15, 0.2) is 64.5 Å². The van der Waals surface area contributed by atoms with E-state index in [1.807, 2.05) is 13.0 Å². The predicted molar refractivity (Wildman–Crippen MR) is 168 cm³/mol. The number of rotatable bonds is 11. The molecule has 4 nitrogen and oxygen atoms in total. The van der Waals surface area contributed by atoms with Gasteiger partial charge in [0.1, 0.15) is 0 Å². The van der Waals surface area contributed by atoms with Crippen LogP contribution < -0.4 is 0 Å². The number of hydrogen-bond acceptors (Lipinski definition) is 4. The third-order valence-electron chi connectivity index (χ3n) is 7.28. The highest BCUT2D eigenvalue weighted by Crippen LogP contribution is 2.52. The first-order valence-electron chi connectivity index (χ1n) is 14.6. The van der Waals surface area contributed by atoms with Crippen LogP contribution in [0, 0.1) is 0 Å². The predicted octanol–water partition coefficient (Wildman–Crippen LogP) is 9.19. The van der Waals surface area contributed by atoms with Crippen molar-refractivity contribution in [3.63, 3.8) is 0 Å². The van der Waals surface area contributed by atoms with Crippen molar-refractivity contribution >= 4 is 21.9 Å². The van der Waals surface area contributed by atoms with Crippen molar-refractivity contribution in [2.45, 2.75) is 84.0 Å². The van der Waals surface area contributed by atoms with Crippen LogP contribution in [-0.2, 0) is 4.74 Å². The van der Waals surface area contributed by atoms with E-state index in [1.165, 1.54) is 28.3 Å². The summed E-state index contributed by atoms with van der Waals surface area (Å²) in [6.07, 6.45) is 4.60. The zero-order chi connectivity index (χ0) is 27.9. The number of nitrogens with zero attached hydrogens (tertiary/aromatic N) is 2. The van der Waals surface area contributed by atoms with Crippen LogP contribution in [0.1, 0.15) is 101 Å². The Morgan fingerprint density at radius 3 is 2.13 bits per heavy atom. The molecule has 4 rings (SSSR count). The smallest absolute Gasteiger partial charge is 0.340 e. The molecule has 5 heteroatoms. The third kappa shape index (κ3) is 6.46. The Hall–Kier alpha value is -2.92. The molecule has 0 radical (unpaired) electrons. The Morgan fingerprint density at radius 1 is 0.872 bits per heavy atom. The fraction of sp³-hybridized carbons (Fsp3) is 0.441. The highest BCUT2D eigenvalue weighted by molar-refractivity contribution is 8.30. The lowest BCUT2D eigenvalue weighted by Crippen LogP contribution is -2.18. The number of ether oxygens (including phenoxy) is 1. The summed E-state index contributed by atoms with van der Waals surface area (Å²) in [6, 6.07) is 19.1. The molecule has 0 spiro atoms. The van der Waals surface area contributed by atoms with Crippen LogP contribution in [0.3, 0.4) is 0 Å². The number of hydrogen-bond donors (Lipinski definition) is 1. The number of benzene rings is 2. The first-order chi connectivity index (χ1) is 18.9. The molecular weight excluding hydrogens is 500 g/mol. The number of carbonyl (C=O) groups excluding carboxylic acids is 1. The molecule has 3 aromatic rings. The summed E-state index contributed by atoms with van der Waals surface area (Å²) >= 11 is 0. The number of carbonyl (C=O) groups is 1. The first kappa shape index (κ1) is 29.1. The van der Waals surface area contributed by atoms with Crippen molar-refractivity contribution < 1.29 is 9.53 Å². The summed E-state index contributed by atoms with van der Waals surface area (Å²) < 4.78 is 5.70. The average Bonchev–Trinajstić information content (AvgIpc) is 3.40. The van der Waals surface area contributed by atoms with Gasteiger partial charge in [-0.3, -0.25) is 9.98 Å². The van der Waals surface area contributed by atoms with Crippen molar-refractivity contribution in [2.75, 3.05) is 18.9 Å². The van der Waals surface area contributed by atoms with Crippen LogP contribution in [0.2, 0.25) is 0 Å². The molecule has 1 atom stereocenters. The Morgan fingerprint density at radius 2 is 1.51 bits per heavy atom. The van der Waals surface area contributed by atoms with Gasteiger partial charge in [0.15, 0.2) is 0 Å². The minimum absolute atomic E-state index is 0.0901. The van der Waals surface area contributed by atoms with Gasteiger partial charge < -0.3 is 4.74 Å². The standard InChI is InChI=1S/C34H44N2O2S/c1-7-9-11-16-28-35-21-22-39(28)33-29(27-19-17-26(18-20-27)25-14-12-10-13-15-25)30(34(37)38-8-2)31(23(3)4)36-32(33)24(5)6/h10,12-15,17-20,23-24,39H,7-9,11,16,21-22H2,1-6H3. The van der Waals surface area contributed by atoms with E-state index in [9.17, 15) is 4.79 Å². The van der Waals surface area contributed by atoms with Gasteiger partial charge in [-0.15, -0.1) is 0 Å². The van der Waals surface area contributed by atoms with E-state index in [4.69, 9.17) is 14.7 Å². The molecule has 0 saturated heterocycles. The van der Waals surface area contributed by atoms with Gasteiger partial charge in [-0.1, -0.05) is 102 Å². The topological polar surface area (TPSA) is 51.5 Å². The minimum Gasteiger partial charge on any atom is -0.462 e. The number of aliphatic imine (C=N–C) groups is 1. The Kier molecular flexibility index (Phi) is 10.0. The Labute approximate surface area is 237 Å². The minimum atomic E-state index is -0.672. The lowest BCUT2D eigenvalue weighted by atomic mass is 9.91. The van der Waals surface area contributed by atoms with Gasteiger partial charge in [0.05, 0.1) is 28.6 Å². The van der Waals surface area contributed by atoms with E-state index in [0.29, 0.717) is 12.2 Å². The SMILES string of the molecule is CCCCCC1=NCC[SH]1c1c(C(C)C)nc(C(C)C)c(C(=O)OCC)c1-c1ccc(-c2ccccc2)cc1. The fourth-order valence-corrected chi connectivity index (χ4v) is 8.17. The summed E-state index contributed by atoms with van der Waals surface area (Å²) in [5.74, 6) is 1.07. The monoisotopic (exact) mass is 544 g/mol. The zero-order valence-corrected chi connectivity index (χ0v) is 25.4.